The smallest absolute Gasteiger partial charge is 0.128 e. The minimum absolute atomic E-state index is 0.238. The molecular weight excluding hydrogens is 203 g/mol. The van der Waals surface area contributed by atoms with Crippen LogP contribution >= 0.6 is 0 Å². The van der Waals surface area contributed by atoms with Crippen molar-refractivity contribution in [1.29, 1.82) is 0 Å². The van der Waals surface area contributed by atoms with Gasteiger partial charge in [0.2, 0.25) is 0 Å². The molecule has 1 atom stereocenters. The number of hydrogen-bond acceptors (Lipinski definition) is 2. The Morgan fingerprint density at radius 1 is 1.50 bits per heavy atom. The monoisotopic (exact) mass is 222 g/mol. The van der Waals surface area contributed by atoms with Crippen molar-refractivity contribution in [1.82, 2.24) is 0 Å². The summed E-state index contributed by atoms with van der Waals surface area (Å²) in [4.78, 5) is 0. The van der Waals surface area contributed by atoms with Gasteiger partial charge in [0.05, 0.1) is 11.4 Å². The molecule has 0 bridgehead atoms. The van der Waals surface area contributed by atoms with E-state index >= 15 is 0 Å². The van der Waals surface area contributed by atoms with Crippen LogP contribution in [0.1, 0.15) is 31.7 Å². The van der Waals surface area contributed by atoms with Crippen LogP contribution in [0.4, 0.5) is 15.8 Å². The lowest BCUT2D eigenvalue weighted by molar-refractivity contribution is 0.618. The second-order valence-corrected chi connectivity index (χ2v) is 4.91. The summed E-state index contributed by atoms with van der Waals surface area (Å²) >= 11 is 0. The molecule has 2 nitrogen and oxygen atoms in total. The number of nitrogens with two attached hydrogens (primary N) is 1. The highest BCUT2D eigenvalue weighted by Crippen LogP contribution is 2.34. The maximum Gasteiger partial charge on any atom is 0.128 e. The average Bonchev–Trinajstić information content (AvgIpc) is 2.98. The van der Waals surface area contributed by atoms with Crippen LogP contribution in [-0.4, -0.2) is 6.04 Å². The second-order valence-electron chi connectivity index (χ2n) is 4.91. The molecule has 0 saturated heterocycles. The van der Waals surface area contributed by atoms with Gasteiger partial charge in [-0.3, -0.25) is 0 Å². The number of nitrogen functional groups attached to an aromatic ring is 1. The van der Waals surface area contributed by atoms with Crippen molar-refractivity contribution in [3.63, 3.8) is 0 Å². The normalized spacial score (nSPS) is 17.2. The van der Waals surface area contributed by atoms with Gasteiger partial charge in [-0.1, -0.05) is 12.8 Å². The van der Waals surface area contributed by atoms with Gasteiger partial charge in [-0.2, -0.15) is 0 Å². The molecule has 88 valence electrons. The maximum atomic E-state index is 13.2. The highest BCUT2D eigenvalue weighted by molar-refractivity contribution is 5.67. The molecule has 2 rings (SSSR count). The topological polar surface area (TPSA) is 38.0 Å². The van der Waals surface area contributed by atoms with Gasteiger partial charge in [-0.25, -0.2) is 4.39 Å². The summed E-state index contributed by atoms with van der Waals surface area (Å²) in [6.07, 6.45) is 3.88. The van der Waals surface area contributed by atoms with Crippen LogP contribution in [0.2, 0.25) is 0 Å². The molecule has 3 heteroatoms. The van der Waals surface area contributed by atoms with Crippen LogP contribution in [0.5, 0.6) is 0 Å². The molecule has 1 aromatic carbocycles. The summed E-state index contributed by atoms with van der Waals surface area (Å²) in [5.74, 6) is 0.642. The third-order valence-corrected chi connectivity index (χ3v) is 3.12. The highest BCUT2D eigenvalue weighted by Gasteiger charge is 2.23. The molecule has 0 aliphatic heterocycles. The SMILES string of the molecule is Cc1cc(NC(C)CC2CC2)c(N)cc1F. The first kappa shape index (κ1) is 11.2. The van der Waals surface area contributed by atoms with E-state index < -0.39 is 0 Å². The second kappa shape index (κ2) is 4.32. The van der Waals surface area contributed by atoms with E-state index in [2.05, 4.69) is 12.2 Å². The fourth-order valence-corrected chi connectivity index (χ4v) is 2.00. The molecular formula is C13H19FN2. The zero-order valence-electron chi connectivity index (χ0n) is 9.89. The van der Waals surface area contributed by atoms with Gasteiger partial charge in [0.1, 0.15) is 5.82 Å². The highest BCUT2D eigenvalue weighted by atomic mass is 19.1. The molecule has 0 spiro atoms. The van der Waals surface area contributed by atoms with Crippen LogP contribution < -0.4 is 11.1 Å². The number of nitrogens with one attached hydrogen (secondary N) is 1. The van der Waals surface area contributed by atoms with E-state index in [0.717, 1.165) is 11.6 Å². The Bertz CT molecular complexity index is 386. The molecule has 16 heavy (non-hydrogen) atoms. The third kappa shape index (κ3) is 2.65. The van der Waals surface area contributed by atoms with Gasteiger partial charge in [-0.15, -0.1) is 0 Å². The van der Waals surface area contributed by atoms with Crippen molar-refractivity contribution in [3.05, 3.63) is 23.5 Å². The molecule has 0 heterocycles. The molecule has 1 unspecified atom stereocenters. The summed E-state index contributed by atoms with van der Waals surface area (Å²) in [5.41, 5.74) is 7.76. The molecule has 0 aromatic heterocycles. The Morgan fingerprint density at radius 2 is 2.19 bits per heavy atom. The summed E-state index contributed by atoms with van der Waals surface area (Å²) in [7, 11) is 0. The Labute approximate surface area is 96.0 Å². The molecule has 1 aliphatic rings. The van der Waals surface area contributed by atoms with E-state index in [4.69, 9.17) is 5.73 Å². The predicted octanol–water partition coefficient (Wildman–Crippen LogP) is 3.32. The van der Waals surface area contributed by atoms with Gasteiger partial charge in [0.15, 0.2) is 0 Å². The quantitative estimate of drug-likeness (QED) is 0.767. The van der Waals surface area contributed by atoms with Gasteiger partial charge in [0, 0.05) is 6.04 Å². The first-order valence-electron chi connectivity index (χ1n) is 5.88. The van der Waals surface area contributed by atoms with E-state index in [1.807, 2.05) is 0 Å². The van der Waals surface area contributed by atoms with Gasteiger partial charge in [0.25, 0.3) is 0 Å². The number of anilines is 2. The average molecular weight is 222 g/mol. The van der Waals surface area contributed by atoms with Crippen LogP contribution in [0.3, 0.4) is 0 Å². The summed E-state index contributed by atoms with van der Waals surface area (Å²) in [6, 6.07) is 3.58. The number of hydrogen-bond donors (Lipinski definition) is 2. The summed E-state index contributed by atoms with van der Waals surface area (Å²) in [5, 5.41) is 3.36. The molecule has 0 radical (unpaired) electrons. The molecule has 1 aromatic rings. The van der Waals surface area contributed by atoms with Gasteiger partial charge < -0.3 is 11.1 Å². The van der Waals surface area contributed by atoms with Crippen LogP contribution in [0.25, 0.3) is 0 Å². The molecule has 1 fully saturated rings. The van der Waals surface area contributed by atoms with E-state index in [1.54, 1.807) is 13.0 Å². The van der Waals surface area contributed by atoms with Crippen molar-refractivity contribution in [3.8, 4) is 0 Å². The van der Waals surface area contributed by atoms with Crippen molar-refractivity contribution in [2.45, 2.75) is 39.2 Å². The lowest BCUT2D eigenvalue weighted by atomic mass is 10.1. The Morgan fingerprint density at radius 3 is 2.81 bits per heavy atom. The number of rotatable bonds is 4. The Kier molecular flexibility index (Phi) is 3.03. The van der Waals surface area contributed by atoms with E-state index in [-0.39, 0.29) is 5.82 Å². The lowest BCUT2D eigenvalue weighted by Crippen LogP contribution is -2.17. The van der Waals surface area contributed by atoms with Crippen LogP contribution in [0.15, 0.2) is 12.1 Å². The zero-order chi connectivity index (χ0) is 11.7. The third-order valence-electron chi connectivity index (χ3n) is 3.12. The number of halogens is 1. The van der Waals surface area contributed by atoms with Crippen molar-refractivity contribution in [2.75, 3.05) is 11.1 Å². The van der Waals surface area contributed by atoms with Crippen molar-refractivity contribution < 1.29 is 4.39 Å². The minimum atomic E-state index is -0.238. The first-order valence-corrected chi connectivity index (χ1v) is 5.88. The largest absolute Gasteiger partial charge is 0.397 e. The summed E-state index contributed by atoms with van der Waals surface area (Å²) in [6.45, 7) is 3.90. The lowest BCUT2D eigenvalue weighted by Gasteiger charge is -2.17. The minimum Gasteiger partial charge on any atom is -0.397 e. The Hall–Kier alpha value is -1.25. The fourth-order valence-electron chi connectivity index (χ4n) is 2.00. The molecule has 3 N–H and O–H groups in total. The van der Waals surface area contributed by atoms with Gasteiger partial charge in [-0.05, 0) is 43.9 Å². The molecule has 1 aliphatic carbocycles. The zero-order valence-corrected chi connectivity index (χ0v) is 9.89. The standard InChI is InChI=1S/C13H19FN2/c1-8-5-13(12(15)7-11(8)14)16-9(2)6-10-3-4-10/h5,7,9-10,16H,3-4,6,15H2,1-2H3. The molecule has 1 saturated carbocycles. The van der Waals surface area contributed by atoms with Crippen LogP contribution in [0, 0.1) is 18.7 Å². The fraction of sp³-hybridized carbons (Fsp3) is 0.538. The maximum absolute atomic E-state index is 13.2. The molecule has 0 amide bonds. The van der Waals surface area contributed by atoms with E-state index in [1.165, 1.54) is 25.3 Å². The first-order chi connectivity index (χ1) is 7.56. The van der Waals surface area contributed by atoms with Crippen molar-refractivity contribution >= 4 is 11.4 Å². The predicted molar refractivity (Wildman–Crippen MR) is 66.0 cm³/mol. The summed E-state index contributed by atoms with van der Waals surface area (Å²) < 4.78 is 13.2. The van der Waals surface area contributed by atoms with E-state index in [9.17, 15) is 4.39 Å². The van der Waals surface area contributed by atoms with Crippen molar-refractivity contribution in [2.24, 2.45) is 5.92 Å². The number of aryl methyl sites for hydroxylation is 1. The Balaban J connectivity index is 2.04. The number of benzene rings is 1. The van der Waals surface area contributed by atoms with Gasteiger partial charge >= 0.3 is 0 Å². The van der Waals surface area contributed by atoms with Crippen LogP contribution in [-0.2, 0) is 0 Å². The van der Waals surface area contributed by atoms with E-state index in [0.29, 0.717) is 17.3 Å².